The summed E-state index contributed by atoms with van der Waals surface area (Å²) in [4.78, 5) is 25.3. The Balaban J connectivity index is 0.000000360. The number of anilines is 2. The van der Waals surface area contributed by atoms with E-state index in [1.165, 1.54) is 27.1 Å². The van der Waals surface area contributed by atoms with Gasteiger partial charge in [0.05, 0.1) is 11.9 Å². The number of nitrogens with zero attached hydrogens (tertiary/aromatic N) is 6. The Morgan fingerprint density at radius 3 is 2.55 bits per heavy atom. The number of aryl methyl sites for hydroxylation is 1. The van der Waals surface area contributed by atoms with Crippen LogP contribution in [-0.4, -0.2) is 73.1 Å². The minimum absolute atomic E-state index is 0.148. The van der Waals surface area contributed by atoms with Crippen LogP contribution in [0.2, 0.25) is 0 Å². The number of thiazole rings is 1. The fourth-order valence-corrected chi connectivity index (χ4v) is 4.22. The number of carbonyl (C=O) groups is 1. The summed E-state index contributed by atoms with van der Waals surface area (Å²) in [5.74, 6) is -0.152. The summed E-state index contributed by atoms with van der Waals surface area (Å²) in [6.45, 7) is -0.749. The third-order valence-corrected chi connectivity index (χ3v) is 6.15. The van der Waals surface area contributed by atoms with Gasteiger partial charge in [-0.15, -0.1) is 16.4 Å². The van der Waals surface area contributed by atoms with Crippen LogP contribution >= 0.6 is 11.3 Å². The Bertz CT molecular complexity index is 1370. The number of ether oxygens (including phenoxy) is 1. The minimum Gasteiger partial charge on any atom is -0.465 e. The lowest BCUT2D eigenvalue weighted by Gasteiger charge is -2.09. The first-order chi connectivity index (χ1) is 18.1. The molecule has 0 bridgehead atoms. The van der Waals surface area contributed by atoms with E-state index in [9.17, 15) is 18.0 Å². The molecule has 1 aliphatic rings. The number of aliphatic hydroxyl groups excluding tert-OH is 1. The van der Waals surface area contributed by atoms with Gasteiger partial charge in [-0.1, -0.05) is 30.3 Å². The van der Waals surface area contributed by atoms with Gasteiger partial charge in [0.25, 0.3) is 11.8 Å². The number of carbonyl (C=O) groups excluding carboxylic acids is 1. The van der Waals surface area contributed by atoms with Crippen LogP contribution in [0.1, 0.15) is 6.42 Å². The van der Waals surface area contributed by atoms with Gasteiger partial charge in [-0.3, -0.25) is 9.48 Å². The van der Waals surface area contributed by atoms with Crippen molar-refractivity contribution in [3.05, 3.63) is 54.2 Å². The molecule has 1 amide bonds. The first kappa shape index (κ1) is 27.0. The number of hydrogen-bond acceptors (Lipinski definition) is 9. The number of benzene rings is 1. The van der Waals surface area contributed by atoms with E-state index in [1.54, 1.807) is 26.4 Å². The molecule has 5 rings (SSSR count). The summed E-state index contributed by atoms with van der Waals surface area (Å²) in [5.41, 5.74) is 2.47. The minimum atomic E-state index is -4.47. The largest absolute Gasteiger partial charge is 0.465 e. The van der Waals surface area contributed by atoms with Gasteiger partial charge < -0.3 is 20.1 Å². The van der Waals surface area contributed by atoms with Crippen LogP contribution < -0.4 is 10.1 Å². The normalized spacial score (nSPS) is 15.3. The monoisotopic (exact) mass is 547 g/mol. The Hall–Kier alpha value is -4.04. The molecule has 4 heterocycles. The van der Waals surface area contributed by atoms with E-state index in [1.807, 2.05) is 35.7 Å². The average Bonchev–Trinajstić information content (AvgIpc) is 3.60. The van der Waals surface area contributed by atoms with Gasteiger partial charge in [0.2, 0.25) is 5.95 Å². The van der Waals surface area contributed by atoms with Gasteiger partial charge in [0.1, 0.15) is 22.5 Å². The number of aliphatic hydroxyl groups is 1. The predicted molar refractivity (Wildman–Crippen MR) is 135 cm³/mol. The molecule has 1 unspecified atom stereocenters. The predicted octanol–water partition coefficient (Wildman–Crippen LogP) is 3.89. The van der Waals surface area contributed by atoms with Crippen LogP contribution in [0.4, 0.5) is 24.8 Å². The number of likely N-dealkylation sites (tertiary alicyclic amines) is 1. The Kier molecular flexibility index (Phi) is 8.22. The number of hydrogen-bond donors (Lipinski definition) is 2. The lowest BCUT2D eigenvalue weighted by atomic mass is 10.2. The molecular formula is C24H24F3N7O3S. The maximum Gasteiger partial charge on any atom is 0.422 e. The van der Waals surface area contributed by atoms with E-state index in [4.69, 9.17) is 9.84 Å². The second-order valence-electron chi connectivity index (χ2n) is 8.28. The molecule has 3 aromatic heterocycles. The molecule has 2 N–H and O–H groups in total. The standard InChI is InChI=1S/C19H15F3N6OS.C5H9NO2/c1-28-9-14(16(27-28)29-11-19(20,21)22)26-18-23-8-7-13(25-18)15-10-30-17(24-15)12-5-3-2-4-6-12;1-6-3-2-4(7)5(6)8/h2-10H,11H2,1H3,(H,23,25,26);4,7H,2-3H2,1H3. The molecule has 1 fully saturated rings. The van der Waals surface area contributed by atoms with Crippen LogP contribution in [-0.2, 0) is 11.8 Å². The van der Waals surface area contributed by atoms with E-state index in [0.717, 1.165) is 10.6 Å². The summed E-state index contributed by atoms with van der Waals surface area (Å²) >= 11 is 1.49. The van der Waals surface area contributed by atoms with E-state index >= 15 is 0 Å². The van der Waals surface area contributed by atoms with Crippen LogP contribution in [0.5, 0.6) is 5.88 Å². The van der Waals surface area contributed by atoms with Gasteiger partial charge in [0, 0.05) is 37.8 Å². The van der Waals surface area contributed by atoms with Crippen molar-refractivity contribution in [3.8, 4) is 27.8 Å². The highest BCUT2D eigenvalue weighted by Gasteiger charge is 2.29. The first-order valence-electron chi connectivity index (χ1n) is 11.4. The number of halogens is 3. The zero-order chi connectivity index (χ0) is 27.3. The second kappa shape index (κ2) is 11.6. The molecule has 1 atom stereocenters. The Morgan fingerprint density at radius 1 is 1.16 bits per heavy atom. The molecule has 1 saturated heterocycles. The van der Waals surface area contributed by atoms with Crippen molar-refractivity contribution in [2.45, 2.75) is 18.7 Å². The molecule has 1 aliphatic heterocycles. The molecule has 0 radical (unpaired) electrons. The molecule has 14 heteroatoms. The third kappa shape index (κ3) is 7.04. The zero-order valence-corrected chi connectivity index (χ0v) is 21.2. The number of alkyl halides is 3. The van der Waals surface area contributed by atoms with E-state index in [2.05, 4.69) is 25.4 Å². The summed E-state index contributed by atoms with van der Waals surface area (Å²) < 4.78 is 43.5. The van der Waals surface area contributed by atoms with Gasteiger partial charge in [-0.25, -0.2) is 15.0 Å². The molecular weight excluding hydrogens is 523 g/mol. The molecule has 1 aromatic carbocycles. The van der Waals surface area contributed by atoms with Crippen LogP contribution in [0.3, 0.4) is 0 Å². The highest BCUT2D eigenvalue weighted by atomic mass is 32.1. The van der Waals surface area contributed by atoms with Crippen LogP contribution in [0, 0.1) is 0 Å². The molecule has 4 aromatic rings. The number of likely N-dealkylation sites (N-methyl/N-ethyl adjacent to an activating group) is 1. The van der Waals surface area contributed by atoms with Crippen molar-refractivity contribution < 1.29 is 27.8 Å². The van der Waals surface area contributed by atoms with Crippen LogP contribution in [0.25, 0.3) is 22.0 Å². The highest BCUT2D eigenvalue weighted by Crippen LogP contribution is 2.30. The number of rotatable bonds is 6. The van der Waals surface area contributed by atoms with Crippen molar-refractivity contribution in [1.82, 2.24) is 29.6 Å². The van der Waals surface area contributed by atoms with Crippen molar-refractivity contribution in [2.75, 3.05) is 25.5 Å². The molecule has 0 saturated carbocycles. The number of amides is 1. The molecule has 200 valence electrons. The summed E-state index contributed by atoms with van der Waals surface area (Å²) in [7, 11) is 3.27. The molecule has 10 nitrogen and oxygen atoms in total. The maximum absolute atomic E-state index is 12.5. The maximum atomic E-state index is 12.5. The van der Waals surface area contributed by atoms with E-state index < -0.39 is 18.9 Å². The summed E-state index contributed by atoms with van der Waals surface area (Å²) in [6.07, 6.45) is -1.57. The van der Waals surface area contributed by atoms with Crippen molar-refractivity contribution in [2.24, 2.45) is 7.05 Å². The molecule has 0 aliphatic carbocycles. The quantitative estimate of drug-likeness (QED) is 0.373. The lowest BCUT2D eigenvalue weighted by Crippen LogP contribution is -2.24. The van der Waals surface area contributed by atoms with Crippen molar-refractivity contribution in [3.63, 3.8) is 0 Å². The van der Waals surface area contributed by atoms with Gasteiger partial charge >= 0.3 is 6.18 Å². The topological polar surface area (TPSA) is 118 Å². The highest BCUT2D eigenvalue weighted by molar-refractivity contribution is 7.13. The van der Waals surface area contributed by atoms with Gasteiger partial charge in [0.15, 0.2) is 6.61 Å². The average molecular weight is 548 g/mol. The van der Waals surface area contributed by atoms with E-state index in [-0.39, 0.29) is 23.4 Å². The zero-order valence-electron chi connectivity index (χ0n) is 20.4. The smallest absolute Gasteiger partial charge is 0.422 e. The van der Waals surface area contributed by atoms with Gasteiger partial charge in [-0.2, -0.15) is 13.2 Å². The third-order valence-electron chi connectivity index (χ3n) is 5.26. The number of nitrogens with one attached hydrogen (secondary N) is 1. The second-order valence-corrected chi connectivity index (χ2v) is 9.14. The SMILES string of the molecule is CN1CCC(O)C1=O.Cn1cc(Nc2nccc(-c3csc(-c4ccccc4)n3)n2)c(OCC(F)(F)F)n1. The van der Waals surface area contributed by atoms with Gasteiger partial charge in [-0.05, 0) is 12.5 Å². The van der Waals surface area contributed by atoms with Crippen LogP contribution in [0.15, 0.2) is 54.2 Å². The molecule has 38 heavy (non-hydrogen) atoms. The van der Waals surface area contributed by atoms with Crippen molar-refractivity contribution >= 4 is 28.9 Å². The Morgan fingerprint density at radius 2 is 1.92 bits per heavy atom. The summed E-state index contributed by atoms with van der Waals surface area (Å²) in [6, 6.07) is 11.5. The molecule has 0 spiro atoms. The Labute approximate surface area is 219 Å². The summed E-state index contributed by atoms with van der Waals surface area (Å²) in [5, 5.41) is 18.3. The van der Waals surface area contributed by atoms with Crippen molar-refractivity contribution in [1.29, 1.82) is 0 Å². The lowest BCUT2D eigenvalue weighted by molar-refractivity contribution is -0.154. The number of aromatic nitrogens is 5. The van der Waals surface area contributed by atoms with E-state index in [0.29, 0.717) is 24.4 Å². The first-order valence-corrected chi connectivity index (χ1v) is 12.2. The fraction of sp³-hybridized carbons (Fsp3) is 0.292. The fourth-order valence-electron chi connectivity index (χ4n) is 3.40.